The van der Waals surface area contributed by atoms with Gasteiger partial charge in [0.15, 0.2) is 11.6 Å². The summed E-state index contributed by atoms with van der Waals surface area (Å²) in [6.45, 7) is 5.99. The van der Waals surface area contributed by atoms with Crippen LogP contribution in [-0.4, -0.2) is 25.8 Å². The lowest BCUT2D eigenvalue weighted by Crippen LogP contribution is -2.51. The summed E-state index contributed by atoms with van der Waals surface area (Å²) in [4.78, 5) is 27.1. The highest BCUT2D eigenvalue weighted by Gasteiger charge is 2.51. The molecule has 0 amide bonds. The molecule has 0 spiro atoms. The summed E-state index contributed by atoms with van der Waals surface area (Å²) in [6.07, 6.45) is 1.34. The summed E-state index contributed by atoms with van der Waals surface area (Å²) in [7, 11) is -4.11. The molecule has 2 aliphatic rings. The van der Waals surface area contributed by atoms with Crippen LogP contribution in [0.4, 0.5) is 11.4 Å². The maximum absolute atomic E-state index is 13.8. The molecule has 0 fully saturated rings. The highest BCUT2D eigenvalue weighted by Crippen LogP contribution is 2.42. The standard InChI is InChI=1S/C23H25N3O4S/c1-13(2)10-11-23(3)16-7-5-4-6-15(16)20(27)19(21(23)28)22-25-17-9-8-14(24)12-18(17)31(29,30)26-22/h4-9,12-13,19H,10-11,24H2,1-3H3,(H,25,26)/t19?,23-/m1/s1. The smallest absolute Gasteiger partial charge is 0.286 e. The predicted octanol–water partition coefficient (Wildman–Crippen LogP) is 3.56. The van der Waals surface area contributed by atoms with E-state index in [0.29, 0.717) is 23.5 Å². The zero-order valence-corrected chi connectivity index (χ0v) is 18.5. The van der Waals surface area contributed by atoms with Crippen LogP contribution in [0.3, 0.4) is 0 Å². The van der Waals surface area contributed by atoms with Gasteiger partial charge in [-0.2, -0.15) is 8.42 Å². The van der Waals surface area contributed by atoms with Gasteiger partial charge in [0.25, 0.3) is 10.0 Å². The number of amidine groups is 1. The number of benzene rings is 2. The van der Waals surface area contributed by atoms with Gasteiger partial charge in [-0.15, -0.1) is 4.40 Å². The Kier molecular flexibility index (Phi) is 5.00. The third-order valence-corrected chi connectivity index (χ3v) is 7.45. The maximum atomic E-state index is 13.8. The summed E-state index contributed by atoms with van der Waals surface area (Å²) in [6, 6.07) is 11.4. The number of Topliss-reactive ketones (excluding diaryl/α,β-unsaturated/α-hetero) is 2. The van der Waals surface area contributed by atoms with Gasteiger partial charge in [-0.1, -0.05) is 38.1 Å². The van der Waals surface area contributed by atoms with Crippen molar-refractivity contribution in [2.75, 3.05) is 11.1 Å². The molecule has 1 heterocycles. The van der Waals surface area contributed by atoms with Gasteiger partial charge >= 0.3 is 0 Å². The fraction of sp³-hybridized carbons (Fsp3) is 0.348. The number of sulfonamides is 1. The van der Waals surface area contributed by atoms with Crippen molar-refractivity contribution in [3.8, 4) is 0 Å². The number of nitrogens with two attached hydrogens (primary N) is 1. The van der Waals surface area contributed by atoms with E-state index in [9.17, 15) is 18.0 Å². The van der Waals surface area contributed by atoms with Gasteiger partial charge in [0, 0.05) is 11.3 Å². The number of hydrogen-bond acceptors (Lipinski definition) is 6. The lowest BCUT2D eigenvalue weighted by molar-refractivity contribution is -0.125. The summed E-state index contributed by atoms with van der Waals surface area (Å²) >= 11 is 0. The summed E-state index contributed by atoms with van der Waals surface area (Å²) in [5, 5.41) is 2.92. The third kappa shape index (κ3) is 3.44. The minimum atomic E-state index is -4.11. The van der Waals surface area contributed by atoms with E-state index in [1.807, 2.05) is 19.1 Å². The molecule has 162 valence electrons. The van der Waals surface area contributed by atoms with Crippen LogP contribution in [0.5, 0.6) is 0 Å². The molecular weight excluding hydrogens is 414 g/mol. The second kappa shape index (κ2) is 7.30. The van der Waals surface area contributed by atoms with E-state index in [0.717, 1.165) is 6.42 Å². The first-order chi connectivity index (χ1) is 14.5. The molecule has 0 saturated heterocycles. The Morgan fingerprint density at radius 3 is 2.58 bits per heavy atom. The average Bonchev–Trinajstić information content (AvgIpc) is 2.71. The molecule has 1 aliphatic carbocycles. The monoisotopic (exact) mass is 439 g/mol. The molecule has 2 aromatic carbocycles. The topological polar surface area (TPSA) is 119 Å². The highest BCUT2D eigenvalue weighted by molar-refractivity contribution is 7.90. The van der Waals surface area contributed by atoms with Crippen LogP contribution in [0.2, 0.25) is 0 Å². The van der Waals surface area contributed by atoms with E-state index >= 15 is 0 Å². The SMILES string of the molecule is CC(C)CC[C@@]1(C)C(=O)C(C2=NS(=O)(=O)c3cc(N)ccc3N2)C(=O)c2ccccc21. The van der Waals surface area contributed by atoms with Crippen LogP contribution in [-0.2, 0) is 20.2 Å². The molecule has 8 heteroatoms. The van der Waals surface area contributed by atoms with Crippen molar-refractivity contribution < 1.29 is 18.0 Å². The van der Waals surface area contributed by atoms with Crippen LogP contribution in [0, 0.1) is 11.8 Å². The number of ketones is 2. The number of carbonyl (C=O) groups excluding carboxylic acids is 2. The molecule has 2 aromatic rings. The molecule has 0 bridgehead atoms. The van der Waals surface area contributed by atoms with Crippen LogP contribution >= 0.6 is 0 Å². The van der Waals surface area contributed by atoms with Crippen molar-refractivity contribution in [2.45, 2.75) is 43.9 Å². The zero-order chi connectivity index (χ0) is 22.6. The quantitative estimate of drug-likeness (QED) is 0.555. The Bertz CT molecular complexity index is 1230. The van der Waals surface area contributed by atoms with E-state index in [1.54, 1.807) is 18.2 Å². The fourth-order valence-electron chi connectivity index (χ4n) is 4.31. The van der Waals surface area contributed by atoms with Crippen molar-refractivity contribution in [3.05, 3.63) is 53.6 Å². The van der Waals surface area contributed by atoms with Crippen LogP contribution < -0.4 is 11.1 Å². The van der Waals surface area contributed by atoms with Gasteiger partial charge in [0.05, 0.1) is 11.1 Å². The molecule has 31 heavy (non-hydrogen) atoms. The van der Waals surface area contributed by atoms with E-state index in [4.69, 9.17) is 5.73 Å². The van der Waals surface area contributed by atoms with Gasteiger partial charge < -0.3 is 11.1 Å². The van der Waals surface area contributed by atoms with Crippen LogP contribution in [0.25, 0.3) is 0 Å². The molecule has 1 unspecified atom stereocenters. The van der Waals surface area contributed by atoms with E-state index in [2.05, 4.69) is 23.6 Å². The zero-order valence-electron chi connectivity index (χ0n) is 17.7. The van der Waals surface area contributed by atoms with Crippen molar-refractivity contribution in [1.29, 1.82) is 0 Å². The number of hydrogen-bond donors (Lipinski definition) is 2. The van der Waals surface area contributed by atoms with Crippen molar-refractivity contribution in [3.63, 3.8) is 0 Å². The normalized spacial score (nSPS) is 24.3. The number of nitrogens with zero attached hydrogens (tertiary/aromatic N) is 1. The molecule has 7 nitrogen and oxygen atoms in total. The van der Waals surface area contributed by atoms with Gasteiger partial charge in [-0.25, -0.2) is 0 Å². The Labute approximate surface area is 181 Å². The van der Waals surface area contributed by atoms with E-state index in [1.165, 1.54) is 12.1 Å². The van der Waals surface area contributed by atoms with Gasteiger partial charge in [-0.05, 0) is 49.4 Å². The van der Waals surface area contributed by atoms with Crippen molar-refractivity contribution in [2.24, 2.45) is 16.2 Å². The lowest BCUT2D eigenvalue weighted by atomic mass is 9.63. The number of carbonyl (C=O) groups is 2. The maximum Gasteiger partial charge on any atom is 0.286 e. The molecule has 1 aliphatic heterocycles. The highest BCUT2D eigenvalue weighted by atomic mass is 32.2. The molecule has 3 N–H and O–H groups in total. The first kappa shape index (κ1) is 21.2. The van der Waals surface area contributed by atoms with Gasteiger partial charge in [0.1, 0.15) is 16.6 Å². The van der Waals surface area contributed by atoms with Crippen molar-refractivity contribution >= 4 is 38.8 Å². The number of fused-ring (bicyclic) bond motifs is 2. The Balaban J connectivity index is 1.84. The second-order valence-corrected chi connectivity index (χ2v) is 10.4. The third-order valence-electron chi connectivity index (χ3n) is 6.12. The number of nitrogens with one attached hydrogen (secondary N) is 1. The lowest BCUT2D eigenvalue weighted by Gasteiger charge is -2.39. The van der Waals surface area contributed by atoms with Crippen LogP contribution in [0.15, 0.2) is 51.8 Å². The molecule has 4 rings (SSSR count). The molecule has 0 aromatic heterocycles. The molecular formula is C23H25N3O4S. The fourth-order valence-corrected chi connectivity index (χ4v) is 5.50. The minimum absolute atomic E-state index is 0.0741. The molecule has 2 atom stereocenters. The summed E-state index contributed by atoms with van der Waals surface area (Å²) in [5.74, 6) is -1.87. The largest absolute Gasteiger partial charge is 0.399 e. The second-order valence-electron chi connectivity index (χ2n) is 8.80. The van der Waals surface area contributed by atoms with Gasteiger partial charge in [0.2, 0.25) is 0 Å². The summed E-state index contributed by atoms with van der Waals surface area (Å²) < 4.78 is 29.5. The van der Waals surface area contributed by atoms with E-state index in [-0.39, 0.29) is 27.9 Å². The Morgan fingerprint density at radius 2 is 1.87 bits per heavy atom. The Hall–Kier alpha value is -3.00. The minimum Gasteiger partial charge on any atom is -0.399 e. The molecule has 0 radical (unpaired) electrons. The number of rotatable bonds is 4. The predicted molar refractivity (Wildman–Crippen MR) is 120 cm³/mol. The van der Waals surface area contributed by atoms with Crippen molar-refractivity contribution in [1.82, 2.24) is 0 Å². The summed E-state index contributed by atoms with van der Waals surface area (Å²) in [5.41, 5.74) is 6.46. The first-order valence-corrected chi connectivity index (χ1v) is 11.7. The van der Waals surface area contributed by atoms with E-state index < -0.39 is 27.1 Å². The average molecular weight is 440 g/mol. The Morgan fingerprint density at radius 1 is 1.16 bits per heavy atom. The molecule has 0 saturated carbocycles. The number of anilines is 2. The van der Waals surface area contributed by atoms with Crippen LogP contribution in [0.1, 0.15) is 49.5 Å². The number of nitrogen functional groups attached to an aromatic ring is 1. The van der Waals surface area contributed by atoms with Gasteiger partial charge in [-0.3, -0.25) is 9.59 Å². The first-order valence-electron chi connectivity index (χ1n) is 10.2.